The van der Waals surface area contributed by atoms with Crippen molar-refractivity contribution in [1.82, 2.24) is 0 Å². The van der Waals surface area contributed by atoms with Crippen molar-refractivity contribution in [2.24, 2.45) is 5.16 Å². The highest BCUT2D eigenvalue weighted by Gasteiger charge is 2.27. The van der Waals surface area contributed by atoms with Crippen molar-refractivity contribution < 1.29 is 9.57 Å². The minimum Gasteiger partial charge on any atom is -0.363 e. The number of alkyl halides is 1. The molecule has 3 nitrogen and oxygen atoms in total. The number of hydrogen-bond acceptors (Lipinski definition) is 3. The van der Waals surface area contributed by atoms with E-state index in [2.05, 4.69) is 5.16 Å². The molecule has 0 unspecified atom stereocenters. The molecule has 1 aliphatic heterocycles. The van der Waals surface area contributed by atoms with Gasteiger partial charge in [-0.2, -0.15) is 0 Å². The lowest BCUT2D eigenvalue weighted by atomic mass is 10.0. The standard InChI is InChI=1S/C12H14ClNO2/c1-2-15-11-8-10(13)12(14-16-11)9-6-4-3-5-7-9/h3-7,10-11H,2,8H2,1H3/t10-,11-/m0/s1. The van der Waals surface area contributed by atoms with Gasteiger partial charge in [-0.05, 0) is 6.92 Å². The van der Waals surface area contributed by atoms with E-state index in [0.717, 1.165) is 11.3 Å². The molecule has 0 N–H and O–H groups in total. The van der Waals surface area contributed by atoms with E-state index < -0.39 is 0 Å². The van der Waals surface area contributed by atoms with E-state index in [-0.39, 0.29) is 11.7 Å². The molecule has 1 aromatic rings. The van der Waals surface area contributed by atoms with Gasteiger partial charge in [0.05, 0.1) is 5.38 Å². The van der Waals surface area contributed by atoms with Crippen LogP contribution in [0.3, 0.4) is 0 Å². The Hall–Kier alpha value is -1.06. The Morgan fingerprint density at radius 1 is 1.44 bits per heavy atom. The lowest BCUT2D eigenvalue weighted by molar-refractivity contribution is -0.146. The molecule has 0 fully saturated rings. The van der Waals surface area contributed by atoms with Gasteiger partial charge in [0.15, 0.2) is 0 Å². The molecule has 0 saturated carbocycles. The molecule has 1 aromatic carbocycles. The van der Waals surface area contributed by atoms with Gasteiger partial charge in [0.2, 0.25) is 6.29 Å². The first-order valence-electron chi connectivity index (χ1n) is 5.36. The second-order valence-electron chi connectivity index (χ2n) is 3.54. The number of ether oxygens (including phenoxy) is 1. The first-order valence-corrected chi connectivity index (χ1v) is 5.79. The normalized spacial score (nSPS) is 24.8. The van der Waals surface area contributed by atoms with E-state index in [1.165, 1.54) is 0 Å². The fraction of sp³-hybridized carbons (Fsp3) is 0.417. The predicted molar refractivity (Wildman–Crippen MR) is 63.7 cm³/mol. The van der Waals surface area contributed by atoms with E-state index in [4.69, 9.17) is 21.2 Å². The van der Waals surface area contributed by atoms with Gasteiger partial charge in [0.1, 0.15) is 5.71 Å². The summed E-state index contributed by atoms with van der Waals surface area (Å²) in [6, 6.07) is 9.81. The average Bonchev–Trinajstić information content (AvgIpc) is 2.31. The lowest BCUT2D eigenvalue weighted by Gasteiger charge is -2.24. The molecule has 1 aliphatic rings. The molecule has 0 amide bonds. The van der Waals surface area contributed by atoms with Gasteiger partial charge in [0, 0.05) is 18.6 Å². The number of hydrogen-bond donors (Lipinski definition) is 0. The second-order valence-corrected chi connectivity index (χ2v) is 4.06. The van der Waals surface area contributed by atoms with E-state index in [9.17, 15) is 0 Å². The van der Waals surface area contributed by atoms with Gasteiger partial charge in [0.25, 0.3) is 0 Å². The Kier molecular flexibility index (Phi) is 3.80. The average molecular weight is 240 g/mol. The van der Waals surface area contributed by atoms with Crippen molar-refractivity contribution in [1.29, 1.82) is 0 Å². The van der Waals surface area contributed by atoms with Gasteiger partial charge in [-0.1, -0.05) is 35.5 Å². The number of rotatable bonds is 3. The van der Waals surface area contributed by atoms with Crippen LogP contribution in [0.5, 0.6) is 0 Å². The summed E-state index contributed by atoms with van der Waals surface area (Å²) in [5, 5.41) is 3.88. The van der Waals surface area contributed by atoms with E-state index in [1.54, 1.807) is 0 Å². The zero-order valence-electron chi connectivity index (χ0n) is 9.10. The quantitative estimate of drug-likeness (QED) is 0.760. The highest BCUT2D eigenvalue weighted by atomic mass is 35.5. The third-order valence-electron chi connectivity index (χ3n) is 2.39. The molecule has 16 heavy (non-hydrogen) atoms. The maximum absolute atomic E-state index is 6.26. The summed E-state index contributed by atoms with van der Waals surface area (Å²) >= 11 is 6.26. The molecule has 0 aromatic heterocycles. The van der Waals surface area contributed by atoms with Gasteiger partial charge in [-0.25, -0.2) is 0 Å². The van der Waals surface area contributed by atoms with Gasteiger partial charge in [-0.15, -0.1) is 11.6 Å². The first-order chi connectivity index (χ1) is 7.81. The molecule has 0 aliphatic carbocycles. The van der Waals surface area contributed by atoms with Gasteiger partial charge >= 0.3 is 0 Å². The Morgan fingerprint density at radius 3 is 2.81 bits per heavy atom. The third kappa shape index (κ3) is 2.54. The van der Waals surface area contributed by atoms with Crippen molar-refractivity contribution in [3.8, 4) is 0 Å². The number of benzene rings is 1. The van der Waals surface area contributed by atoms with Crippen LogP contribution in [0.25, 0.3) is 0 Å². The number of nitrogens with zero attached hydrogens (tertiary/aromatic N) is 1. The van der Waals surface area contributed by atoms with Crippen LogP contribution in [0, 0.1) is 0 Å². The van der Waals surface area contributed by atoms with E-state index in [1.807, 2.05) is 37.3 Å². The van der Waals surface area contributed by atoms with Crippen LogP contribution < -0.4 is 0 Å². The summed E-state index contributed by atoms with van der Waals surface area (Å²) < 4.78 is 5.32. The summed E-state index contributed by atoms with van der Waals surface area (Å²) in [5.41, 5.74) is 1.77. The molecule has 1 heterocycles. The Bertz CT molecular complexity index is 367. The van der Waals surface area contributed by atoms with Crippen LogP contribution >= 0.6 is 11.6 Å². The van der Waals surface area contributed by atoms with Crippen molar-refractivity contribution >= 4 is 17.3 Å². The minimum atomic E-state index is -0.319. The Morgan fingerprint density at radius 2 is 2.19 bits per heavy atom. The fourth-order valence-corrected chi connectivity index (χ4v) is 1.93. The summed E-state index contributed by atoms with van der Waals surface area (Å²) in [4.78, 5) is 5.24. The van der Waals surface area contributed by atoms with Crippen molar-refractivity contribution in [3.63, 3.8) is 0 Å². The van der Waals surface area contributed by atoms with Crippen LogP contribution in [0.4, 0.5) is 0 Å². The van der Waals surface area contributed by atoms with E-state index in [0.29, 0.717) is 13.0 Å². The zero-order chi connectivity index (χ0) is 11.4. The fourth-order valence-electron chi connectivity index (χ4n) is 1.62. The summed E-state index contributed by atoms with van der Waals surface area (Å²) in [6.45, 7) is 2.52. The molecule has 0 bridgehead atoms. The van der Waals surface area contributed by atoms with Crippen LogP contribution in [0.2, 0.25) is 0 Å². The van der Waals surface area contributed by atoms with Gasteiger partial charge < -0.3 is 9.57 Å². The third-order valence-corrected chi connectivity index (χ3v) is 2.77. The summed E-state index contributed by atoms with van der Waals surface area (Å²) in [6.07, 6.45) is 0.309. The van der Waals surface area contributed by atoms with Crippen LogP contribution in [-0.2, 0) is 9.57 Å². The molecular formula is C12H14ClNO2. The molecule has 86 valence electrons. The highest BCUT2D eigenvalue weighted by molar-refractivity contribution is 6.35. The van der Waals surface area contributed by atoms with Crippen molar-refractivity contribution in [2.75, 3.05) is 6.61 Å². The van der Waals surface area contributed by atoms with Crippen molar-refractivity contribution in [2.45, 2.75) is 25.0 Å². The molecule has 2 rings (SSSR count). The minimum absolute atomic E-state index is 0.160. The lowest BCUT2D eigenvalue weighted by Crippen LogP contribution is -2.30. The largest absolute Gasteiger partial charge is 0.363 e. The Labute approximate surface area is 100.0 Å². The monoisotopic (exact) mass is 239 g/mol. The zero-order valence-corrected chi connectivity index (χ0v) is 9.85. The molecular weight excluding hydrogens is 226 g/mol. The SMILES string of the molecule is CCO[C@@H]1C[C@H](Cl)C(c2ccccc2)=NO1. The molecule has 0 saturated heterocycles. The van der Waals surface area contributed by atoms with Crippen LogP contribution in [0.15, 0.2) is 35.5 Å². The smallest absolute Gasteiger partial charge is 0.228 e. The maximum Gasteiger partial charge on any atom is 0.228 e. The highest BCUT2D eigenvalue weighted by Crippen LogP contribution is 2.21. The predicted octanol–water partition coefficient (Wildman–Crippen LogP) is 2.78. The summed E-state index contributed by atoms with van der Waals surface area (Å²) in [5.74, 6) is 0. The topological polar surface area (TPSA) is 30.8 Å². The second kappa shape index (κ2) is 5.32. The van der Waals surface area contributed by atoms with Gasteiger partial charge in [-0.3, -0.25) is 0 Å². The van der Waals surface area contributed by atoms with E-state index >= 15 is 0 Å². The molecule has 0 spiro atoms. The van der Waals surface area contributed by atoms with Crippen molar-refractivity contribution in [3.05, 3.63) is 35.9 Å². The first kappa shape index (κ1) is 11.4. The molecule has 4 heteroatoms. The summed E-state index contributed by atoms with van der Waals surface area (Å²) in [7, 11) is 0. The van der Waals surface area contributed by atoms with Crippen LogP contribution in [-0.4, -0.2) is 24.0 Å². The van der Waals surface area contributed by atoms with Crippen LogP contribution in [0.1, 0.15) is 18.9 Å². The maximum atomic E-state index is 6.26. The molecule has 2 atom stereocenters. The number of oxime groups is 1. The molecule has 0 radical (unpaired) electrons. The number of halogens is 1. The Balaban J connectivity index is 2.12.